The van der Waals surface area contributed by atoms with Crippen LogP contribution < -0.4 is 10.1 Å². The quantitative estimate of drug-likeness (QED) is 0.745. The van der Waals surface area contributed by atoms with Crippen LogP contribution in [0.4, 0.5) is 5.82 Å². The average molecular weight is 336 g/mol. The minimum absolute atomic E-state index is 0.196. The van der Waals surface area contributed by atoms with Crippen LogP contribution in [-0.2, 0) is 6.61 Å². The number of carbonyl (C=O) groups is 1. The van der Waals surface area contributed by atoms with Gasteiger partial charge in [-0.25, -0.2) is 4.98 Å². The van der Waals surface area contributed by atoms with Crippen molar-refractivity contribution in [2.75, 3.05) is 5.32 Å². The number of hydrogen-bond donors (Lipinski definition) is 1. The van der Waals surface area contributed by atoms with E-state index in [4.69, 9.17) is 4.74 Å². The predicted octanol–water partition coefficient (Wildman–Crippen LogP) is 3.69. The summed E-state index contributed by atoms with van der Waals surface area (Å²) in [6, 6.07) is 11.2. The highest BCUT2D eigenvalue weighted by atomic mass is 16.5. The summed E-state index contributed by atoms with van der Waals surface area (Å²) < 4.78 is 7.72. The monoisotopic (exact) mass is 336 g/mol. The van der Waals surface area contributed by atoms with Gasteiger partial charge in [-0.15, -0.1) is 0 Å². The Labute approximate surface area is 146 Å². The molecule has 3 aromatic rings. The second kappa shape index (κ2) is 7.61. The number of aromatic nitrogens is 3. The number of amides is 1. The first-order valence-electron chi connectivity index (χ1n) is 8.10. The molecule has 3 heterocycles. The van der Waals surface area contributed by atoms with Crippen molar-refractivity contribution < 1.29 is 9.53 Å². The second-order valence-corrected chi connectivity index (χ2v) is 5.84. The molecule has 25 heavy (non-hydrogen) atoms. The van der Waals surface area contributed by atoms with E-state index in [1.54, 1.807) is 36.8 Å². The minimum atomic E-state index is -0.217. The van der Waals surface area contributed by atoms with Gasteiger partial charge in [0.1, 0.15) is 12.3 Å². The number of nitrogens with zero attached hydrogens (tertiary/aromatic N) is 3. The van der Waals surface area contributed by atoms with Crippen molar-refractivity contribution in [3.8, 4) is 5.75 Å². The van der Waals surface area contributed by atoms with E-state index in [9.17, 15) is 4.79 Å². The van der Waals surface area contributed by atoms with Gasteiger partial charge in [0.05, 0.1) is 0 Å². The molecule has 0 saturated carbocycles. The van der Waals surface area contributed by atoms with Gasteiger partial charge in [-0.2, -0.15) is 0 Å². The first kappa shape index (κ1) is 16.7. The van der Waals surface area contributed by atoms with Crippen LogP contribution in [0.15, 0.2) is 61.2 Å². The molecule has 1 amide bonds. The van der Waals surface area contributed by atoms with Crippen molar-refractivity contribution in [3.63, 3.8) is 0 Å². The molecule has 0 spiro atoms. The van der Waals surface area contributed by atoms with Gasteiger partial charge in [0.15, 0.2) is 11.6 Å². The standard InChI is InChI=1S/C19H20N4O2/c1-14(2)23-12-4-5-16(23)19(24)22-18-17(6-3-9-21-18)25-13-15-7-10-20-11-8-15/h3-12,14H,13H2,1-2H3,(H,21,22,24). The molecule has 6 nitrogen and oxygen atoms in total. The first-order chi connectivity index (χ1) is 12.1. The Morgan fingerprint density at radius 3 is 2.72 bits per heavy atom. The Hall–Kier alpha value is -3.15. The molecular formula is C19H20N4O2. The van der Waals surface area contributed by atoms with E-state index in [2.05, 4.69) is 15.3 Å². The van der Waals surface area contributed by atoms with Crippen molar-refractivity contribution in [2.24, 2.45) is 0 Å². The van der Waals surface area contributed by atoms with Crippen LogP contribution in [-0.4, -0.2) is 20.4 Å². The van der Waals surface area contributed by atoms with Crippen LogP contribution in [0, 0.1) is 0 Å². The van der Waals surface area contributed by atoms with Gasteiger partial charge in [0.2, 0.25) is 0 Å². The summed E-state index contributed by atoms with van der Waals surface area (Å²) in [6.45, 7) is 4.43. The summed E-state index contributed by atoms with van der Waals surface area (Å²) in [4.78, 5) is 20.8. The van der Waals surface area contributed by atoms with Gasteiger partial charge in [-0.3, -0.25) is 9.78 Å². The number of pyridine rings is 2. The van der Waals surface area contributed by atoms with Gasteiger partial charge in [0, 0.05) is 30.8 Å². The highest BCUT2D eigenvalue weighted by Crippen LogP contribution is 2.23. The Bertz CT molecular complexity index is 843. The van der Waals surface area contributed by atoms with Crippen LogP contribution in [0.3, 0.4) is 0 Å². The molecule has 0 aliphatic rings. The Morgan fingerprint density at radius 2 is 1.96 bits per heavy atom. The lowest BCUT2D eigenvalue weighted by Crippen LogP contribution is -2.19. The maximum absolute atomic E-state index is 12.6. The maximum atomic E-state index is 12.6. The van der Waals surface area contributed by atoms with Gasteiger partial charge >= 0.3 is 0 Å². The molecule has 0 bridgehead atoms. The smallest absolute Gasteiger partial charge is 0.273 e. The molecule has 6 heteroatoms. The lowest BCUT2D eigenvalue weighted by molar-refractivity contribution is 0.101. The molecule has 128 valence electrons. The summed E-state index contributed by atoms with van der Waals surface area (Å²) in [6.07, 6.45) is 6.94. The van der Waals surface area contributed by atoms with Crippen molar-refractivity contribution in [1.29, 1.82) is 0 Å². The van der Waals surface area contributed by atoms with Gasteiger partial charge in [-0.1, -0.05) is 0 Å². The van der Waals surface area contributed by atoms with E-state index < -0.39 is 0 Å². The van der Waals surface area contributed by atoms with Gasteiger partial charge in [-0.05, 0) is 55.8 Å². The normalized spacial score (nSPS) is 10.7. The van der Waals surface area contributed by atoms with Crippen LogP contribution in [0.25, 0.3) is 0 Å². The molecule has 0 unspecified atom stereocenters. The number of ether oxygens (including phenoxy) is 1. The topological polar surface area (TPSA) is 69.0 Å². The number of rotatable bonds is 6. The molecule has 0 fully saturated rings. The Kier molecular flexibility index (Phi) is 5.09. The van der Waals surface area contributed by atoms with E-state index in [-0.39, 0.29) is 11.9 Å². The molecule has 3 rings (SSSR count). The summed E-state index contributed by atoms with van der Waals surface area (Å²) in [5.41, 5.74) is 1.57. The third-order valence-corrected chi connectivity index (χ3v) is 3.71. The molecule has 0 atom stereocenters. The predicted molar refractivity (Wildman–Crippen MR) is 95.6 cm³/mol. The molecule has 0 aliphatic heterocycles. The lowest BCUT2D eigenvalue weighted by atomic mass is 10.3. The largest absolute Gasteiger partial charge is 0.485 e. The van der Waals surface area contributed by atoms with Crippen molar-refractivity contribution in [2.45, 2.75) is 26.5 Å². The van der Waals surface area contributed by atoms with Crippen LogP contribution in [0.5, 0.6) is 5.75 Å². The average Bonchev–Trinajstić information content (AvgIpc) is 3.12. The van der Waals surface area contributed by atoms with E-state index in [1.165, 1.54) is 0 Å². The summed E-state index contributed by atoms with van der Waals surface area (Å²) in [5.74, 6) is 0.708. The van der Waals surface area contributed by atoms with Gasteiger partial charge in [0.25, 0.3) is 5.91 Å². The zero-order valence-electron chi connectivity index (χ0n) is 14.2. The SMILES string of the molecule is CC(C)n1cccc1C(=O)Nc1ncccc1OCc1ccncc1. The molecule has 0 saturated heterocycles. The van der Waals surface area contributed by atoms with E-state index in [0.717, 1.165) is 5.56 Å². The van der Waals surface area contributed by atoms with Crippen molar-refractivity contribution in [3.05, 3.63) is 72.4 Å². The third kappa shape index (κ3) is 4.03. The fourth-order valence-electron chi connectivity index (χ4n) is 2.45. The van der Waals surface area contributed by atoms with E-state index in [0.29, 0.717) is 23.9 Å². The highest BCUT2D eigenvalue weighted by molar-refractivity contribution is 6.03. The van der Waals surface area contributed by atoms with E-state index in [1.807, 2.05) is 42.8 Å². The maximum Gasteiger partial charge on any atom is 0.273 e. The van der Waals surface area contributed by atoms with Gasteiger partial charge < -0.3 is 14.6 Å². The molecular weight excluding hydrogens is 316 g/mol. The molecule has 0 aromatic carbocycles. The molecule has 3 aromatic heterocycles. The van der Waals surface area contributed by atoms with Crippen LogP contribution >= 0.6 is 0 Å². The molecule has 0 radical (unpaired) electrons. The van der Waals surface area contributed by atoms with Crippen LogP contribution in [0.1, 0.15) is 35.9 Å². The second-order valence-electron chi connectivity index (χ2n) is 5.84. The Balaban J connectivity index is 1.74. The van der Waals surface area contributed by atoms with Crippen molar-refractivity contribution >= 4 is 11.7 Å². The lowest BCUT2D eigenvalue weighted by Gasteiger charge is -2.14. The van der Waals surface area contributed by atoms with Crippen molar-refractivity contribution in [1.82, 2.24) is 14.5 Å². The van der Waals surface area contributed by atoms with Crippen LogP contribution in [0.2, 0.25) is 0 Å². The van der Waals surface area contributed by atoms with E-state index >= 15 is 0 Å². The first-order valence-corrected chi connectivity index (χ1v) is 8.10. The summed E-state index contributed by atoms with van der Waals surface area (Å²) in [7, 11) is 0. The number of anilines is 1. The summed E-state index contributed by atoms with van der Waals surface area (Å²) in [5, 5.41) is 2.84. The third-order valence-electron chi connectivity index (χ3n) is 3.71. The zero-order chi connectivity index (χ0) is 17.6. The number of nitrogens with one attached hydrogen (secondary N) is 1. The number of carbonyl (C=O) groups excluding carboxylic acids is 1. The molecule has 1 N–H and O–H groups in total. The fraction of sp³-hybridized carbons (Fsp3) is 0.211. The number of hydrogen-bond acceptors (Lipinski definition) is 4. The minimum Gasteiger partial charge on any atom is -0.485 e. The molecule has 0 aliphatic carbocycles. The zero-order valence-corrected chi connectivity index (χ0v) is 14.2. The summed E-state index contributed by atoms with van der Waals surface area (Å²) >= 11 is 0. The Morgan fingerprint density at radius 1 is 1.16 bits per heavy atom. The highest BCUT2D eigenvalue weighted by Gasteiger charge is 2.15. The fourth-order valence-corrected chi connectivity index (χ4v) is 2.45.